The number of carbonyl (C=O) groups excluding carboxylic acids is 1. The zero-order chi connectivity index (χ0) is 13.6. The maximum Gasteiger partial charge on any atom is 0.286 e. The van der Waals surface area contributed by atoms with Crippen molar-refractivity contribution in [3.05, 3.63) is 23.7 Å². The fraction of sp³-hybridized carbons (Fsp3) is 0.545. The van der Waals surface area contributed by atoms with Crippen LogP contribution in [0, 0.1) is 0 Å². The first kappa shape index (κ1) is 14.7. The van der Waals surface area contributed by atoms with Crippen molar-refractivity contribution in [3.63, 3.8) is 0 Å². The summed E-state index contributed by atoms with van der Waals surface area (Å²) in [5.74, 6) is 0.760. The molecule has 0 bridgehead atoms. The van der Waals surface area contributed by atoms with E-state index in [9.17, 15) is 13.2 Å². The predicted octanol–water partition coefficient (Wildman–Crippen LogP) is 0.511. The maximum absolute atomic E-state index is 11.6. The van der Waals surface area contributed by atoms with Crippen LogP contribution in [0.1, 0.15) is 29.7 Å². The normalized spacial score (nSPS) is 11.4. The first-order valence-electron chi connectivity index (χ1n) is 5.74. The van der Waals surface area contributed by atoms with Gasteiger partial charge in [0.2, 0.25) is 10.0 Å². The second kappa shape index (κ2) is 6.55. The van der Waals surface area contributed by atoms with E-state index in [1.807, 2.05) is 6.92 Å². The number of aryl methyl sites for hydroxylation is 1. The quantitative estimate of drug-likeness (QED) is 0.709. The van der Waals surface area contributed by atoms with Crippen molar-refractivity contribution in [2.45, 2.75) is 19.8 Å². The van der Waals surface area contributed by atoms with Gasteiger partial charge < -0.3 is 9.73 Å². The van der Waals surface area contributed by atoms with E-state index in [-0.39, 0.29) is 11.7 Å². The van der Waals surface area contributed by atoms with E-state index in [2.05, 4.69) is 10.0 Å². The molecule has 18 heavy (non-hydrogen) atoms. The molecule has 0 radical (unpaired) electrons. The van der Waals surface area contributed by atoms with Crippen LogP contribution in [0.25, 0.3) is 0 Å². The summed E-state index contributed by atoms with van der Waals surface area (Å²) in [6.45, 7) is 2.64. The molecule has 0 aliphatic carbocycles. The van der Waals surface area contributed by atoms with Crippen molar-refractivity contribution >= 4 is 15.9 Å². The zero-order valence-electron chi connectivity index (χ0n) is 10.5. The molecule has 0 unspecified atom stereocenters. The molecule has 2 N–H and O–H groups in total. The lowest BCUT2D eigenvalue weighted by Crippen LogP contribution is -2.29. The molecule has 0 aliphatic heterocycles. The van der Waals surface area contributed by atoms with Crippen LogP contribution in [-0.4, -0.2) is 33.7 Å². The molecule has 102 valence electrons. The van der Waals surface area contributed by atoms with Gasteiger partial charge in [0.25, 0.3) is 5.91 Å². The summed E-state index contributed by atoms with van der Waals surface area (Å²) in [6.07, 6.45) is 2.37. The molecule has 0 spiro atoms. The lowest BCUT2D eigenvalue weighted by atomic mass is 10.3. The minimum Gasteiger partial charge on any atom is -0.456 e. The van der Waals surface area contributed by atoms with Gasteiger partial charge in [-0.25, -0.2) is 13.1 Å². The van der Waals surface area contributed by atoms with Crippen LogP contribution in [0.4, 0.5) is 0 Å². The number of hydrogen-bond acceptors (Lipinski definition) is 4. The van der Waals surface area contributed by atoms with Crippen molar-refractivity contribution in [3.8, 4) is 0 Å². The fourth-order valence-corrected chi connectivity index (χ4v) is 1.84. The molecule has 1 aromatic heterocycles. The van der Waals surface area contributed by atoms with Gasteiger partial charge in [0.15, 0.2) is 5.76 Å². The van der Waals surface area contributed by atoms with Crippen LogP contribution in [0.3, 0.4) is 0 Å². The molecule has 1 heterocycles. The summed E-state index contributed by atoms with van der Waals surface area (Å²) in [6, 6.07) is 3.39. The van der Waals surface area contributed by atoms with Crippen molar-refractivity contribution in [2.75, 3.05) is 19.3 Å². The van der Waals surface area contributed by atoms with Crippen LogP contribution in [-0.2, 0) is 16.4 Å². The average molecular weight is 274 g/mol. The van der Waals surface area contributed by atoms with Crippen molar-refractivity contribution < 1.29 is 17.6 Å². The van der Waals surface area contributed by atoms with Gasteiger partial charge >= 0.3 is 0 Å². The number of hydrogen-bond donors (Lipinski definition) is 2. The molecule has 1 amide bonds. The molecule has 0 aliphatic rings. The van der Waals surface area contributed by atoms with Crippen LogP contribution in [0.15, 0.2) is 16.5 Å². The van der Waals surface area contributed by atoms with Crippen LogP contribution in [0.5, 0.6) is 0 Å². The van der Waals surface area contributed by atoms with E-state index in [4.69, 9.17) is 4.42 Å². The lowest BCUT2D eigenvalue weighted by Gasteiger charge is -2.03. The molecular formula is C11H18N2O4S. The minimum atomic E-state index is -3.16. The standard InChI is InChI=1S/C11H18N2O4S/c1-3-9-5-6-10(17-9)11(14)12-7-4-8-13-18(2,15)16/h5-6,13H,3-4,7-8H2,1-2H3,(H,12,14). The van der Waals surface area contributed by atoms with E-state index < -0.39 is 10.0 Å². The highest BCUT2D eigenvalue weighted by atomic mass is 32.2. The summed E-state index contributed by atoms with van der Waals surface area (Å²) in [5, 5.41) is 2.66. The largest absolute Gasteiger partial charge is 0.456 e. The Hall–Kier alpha value is -1.34. The number of rotatable bonds is 7. The van der Waals surface area contributed by atoms with E-state index in [0.717, 1.165) is 18.4 Å². The van der Waals surface area contributed by atoms with Gasteiger partial charge in [-0.15, -0.1) is 0 Å². The molecular weight excluding hydrogens is 256 g/mol. The number of sulfonamides is 1. The lowest BCUT2D eigenvalue weighted by molar-refractivity contribution is 0.0924. The second-order valence-corrected chi connectivity index (χ2v) is 5.73. The van der Waals surface area contributed by atoms with Gasteiger partial charge in [0.1, 0.15) is 5.76 Å². The number of carbonyl (C=O) groups is 1. The Balaban J connectivity index is 2.25. The Morgan fingerprint density at radius 1 is 1.33 bits per heavy atom. The Morgan fingerprint density at radius 2 is 2.06 bits per heavy atom. The monoisotopic (exact) mass is 274 g/mol. The number of nitrogens with one attached hydrogen (secondary N) is 2. The molecule has 0 saturated heterocycles. The van der Waals surface area contributed by atoms with Crippen LogP contribution < -0.4 is 10.0 Å². The highest BCUT2D eigenvalue weighted by Gasteiger charge is 2.09. The van der Waals surface area contributed by atoms with Crippen molar-refractivity contribution in [1.82, 2.24) is 10.0 Å². The third kappa shape index (κ3) is 5.33. The van der Waals surface area contributed by atoms with Crippen molar-refractivity contribution in [2.24, 2.45) is 0 Å². The first-order chi connectivity index (χ1) is 8.42. The Labute approximate surface area is 107 Å². The number of amides is 1. The average Bonchev–Trinajstić information content (AvgIpc) is 2.75. The third-order valence-corrected chi connectivity index (χ3v) is 2.97. The molecule has 6 nitrogen and oxygen atoms in total. The first-order valence-corrected chi connectivity index (χ1v) is 7.63. The van der Waals surface area contributed by atoms with Gasteiger partial charge in [-0.3, -0.25) is 4.79 Å². The van der Waals surface area contributed by atoms with E-state index in [1.54, 1.807) is 12.1 Å². The van der Waals surface area contributed by atoms with Gasteiger partial charge in [0, 0.05) is 19.5 Å². The smallest absolute Gasteiger partial charge is 0.286 e. The third-order valence-electron chi connectivity index (χ3n) is 2.24. The van der Waals surface area contributed by atoms with Gasteiger partial charge in [-0.2, -0.15) is 0 Å². The van der Waals surface area contributed by atoms with E-state index >= 15 is 0 Å². The van der Waals surface area contributed by atoms with Gasteiger partial charge in [-0.05, 0) is 18.6 Å². The molecule has 1 rings (SSSR count). The van der Waals surface area contributed by atoms with E-state index in [1.165, 1.54) is 0 Å². The Kier molecular flexibility index (Phi) is 5.36. The van der Waals surface area contributed by atoms with Crippen LogP contribution >= 0.6 is 0 Å². The summed E-state index contributed by atoms with van der Waals surface area (Å²) >= 11 is 0. The summed E-state index contributed by atoms with van der Waals surface area (Å²) in [7, 11) is -3.16. The highest BCUT2D eigenvalue weighted by Crippen LogP contribution is 2.07. The van der Waals surface area contributed by atoms with Gasteiger partial charge in [-0.1, -0.05) is 6.92 Å². The predicted molar refractivity (Wildman–Crippen MR) is 67.9 cm³/mol. The molecule has 0 saturated carbocycles. The second-order valence-electron chi connectivity index (χ2n) is 3.90. The molecule has 0 atom stereocenters. The van der Waals surface area contributed by atoms with Gasteiger partial charge in [0.05, 0.1) is 6.26 Å². The minimum absolute atomic E-state index is 0.280. The summed E-state index contributed by atoms with van der Waals surface area (Å²) in [5.41, 5.74) is 0. The zero-order valence-corrected chi connectivity index (χ0v) is 11.3. The summed E-state index contributed by atoms with van der Waals surface area (Å²) in [4.78, 5) is 11.6. The SMILES string of the molecule is CCc1ccc(C(=O)NCCCNS(C)(=O)=O)o1. The Bertz CT molecular complexity index is 493. The maximum atomic E-state index is 11.6. The topological polar surface area (TPSA) is 88.4 Å². The molecule has 1 aromatic rings. The molecule has 0 aromatic carbocycles. The van der Waals surface area contributed by atoms with Crippen LogP contribution in [0.2, 0.25) is 0 Å². The van der Waals surface area contributed by atoms with E-state index in [0.29, 0.717) is 19.5 Å². The Morgan fingerprint density at radius 3 is 2.61 bits per heavy atom. The molecule has 7 heteroatoms. The molecule has 0 fully saturated rings. The fourth-order valence-electron chi connectivity index (χ4n) is 1.32. The highest BCUT2D eigenvalue weighted by molar-refractivity contribution is 7.88. The van der Waals surface area contributed by atoms with Crippen molar-refractivity contribution in [1.29, 1.82) is 0 Å². The summed E-state index contributed by atoms with van der Waals surface area (Å²) < 4.78 is 29.2. The number of furan rings is 1.